The molecule has 0 fully saturated rings. The lowest BCUT2D eigenvalue weighted by atomic mass is 10.1. The Labute approximate surface area is 121 Å². The van der Waals surface area contributed by atoms with Gasteiger partial charge in [0.15, 0.2) is 0 Å². The first kappa shape index (κ1) is 14.5. The van der Waals surface area contributed by atoms with Gasteiger partial charge in [-0.25, -0.2) is 9.18 Å². The average Bonchev–Trinajstić information content (AvgIpc) is 2.47. The van der Waals surface area contributed by atoms with Crippen LogP contribution in [0.2, 0.25) is 0 Å². The number of hydrogen-bond acceptors (Lipinski definition) is 3. The van der Waals surface area contributed by atoms with E-state index in [1.807, 2.05) is 0 Å². The standard InChI is InChI=1S/C16H12FNO3/c1-10-13(16(19)20)3-2-4-15(10)21-9-11-5-6-14(17)12(7-11)8-18/h2-7H,9H2,1H3,(H,19,20). The predicted molar refractivity (Wildman–Crippen MR) is 73.6 cm³/mol. The molecule has 0 unspecified atom stereocenters. The van der Waals surface area contributed by atoms with Gasteiger partial charge in [0, 0.05) is 5.56 Å². The monoisotopic (exact) mass is 285 g/mol. The Morgan fingerprint density at radius 1 is 1.38 bits per heavy atom. The molecule has 0 atom stereocenters. The molecular weight excluding hydrogens is 273 g/mol. The van der Waals surface area contributed by atoms with Crippen molar-refractivity contribution in [1.82, 2.24) is 0 Å². The lowest BCUT2D eigenvalue weighted by Crippen LogP contribution is -2.03. The minimum absolute atomic E-state index is 0.0490. The second-order valence-corrected chi connectivity index (χ2v) is 4.45. The molecule has 2 aromatic carbocycles. The number of carboxylic acids is 1. The molecule has 0 radical (unpaired) electrons. The van der Waals surface area contributed by atoms with Crippen LogP contribution in [0.1, 0.15) is 27.0 Å². The summed E-state index contributed by atoms with van der Waals surface area (Å²) in [5, 5.41) is 17.8. The first-order valence-corrected chi connectivity index (χ1v) is 6.17. The Hall–Kier alpha value is -2.87. The Morgan fingerprint density at radius 3 is 2.81 bits per heavy atom. The van der Waals surface area contributed by atoms with Crippen LogP contribution in [-0.2, 0) is 6.61 Å². The molecule has 5 heteroatoms. The van der Waals surface area contributed by atoms with Crippen molar-refractivity contribution in [3.05, 3.63) is 64.5 Å². The maximum Gasteiger partial charge on any atom is 0.336 e. The van der Waals surface area contributed by atoms with Gasteiger partial charge in [-0.3, -0.25) is 0 Å². The molecule has 0 aliphatic carbocycles. The van der Waals surface area contributed by atoms with Gasteiger partial charge in [0.05, 0.1) is 11.1 Å². The van der Waals surface area contributed by atoms with E-state index in [9.17, 15) is 9.18 Å². The number of rotatable bonds is 4. The summed E-state index contributed by atoms with van der Waals surface area (Å²) < 4.78 is 18.8. The smallest absolute Gasteiger partial charge is 0.336 e. The second kappa shape index (κ2) is 6.06. The summed E-state index contributed by atoms with van der Waals surface area (Å²) in [6.45, 7) is 1.78. The van der Waals surface area contributed by atoms with Crippen LogP contribution in [0.5, 0.6) is 5.75 Å². The molecule has 0 amide bonds. The zero-order valence-corrected chi connectivity index (χ0v) is 11.3. The van der Waals surface area contributed by atoms with E-state index in [1.54, 1.807) is 25.1 Å². The van der Waals surface area contributed by atoms with Gasteiger partial charge >= 0.3 is 5.97 Å². The zero-order chi connectivity index (χ0) is 15.4. The highest BCUT2D eigenvalue weighted by Crippen LogP contribution is 2.22. The number of benzene rings is 2. The van der Waals surface area contributed by atoms with E-state index in [1.165, 1.54) is 24.3 Å². The fourth-order valence-corrected chi connectivity index (χ4v) is 1.91. The molecule has 106 valence electrons. The molecule has 0 saturated carbocycles. The summed E-state index contributed by atoms with van der Waals surface area (Å²) in [6.07, 6.45) is 0. The summed E-state index contributed by atoms with van der Waals surface area (Å²) in [5.74, 6) is -1.16. The molecule has 0 heterocycles. The molecule has 1 N–H and O–H groups in total. The average molecular weight is 285 g/mol. The third kappa shape index (κ3) is 3.18. The van der Waals surface area contributed by atoms with Crippen molar-refractivity contribution in [3.8, 4) is 11.8 Å². The molecule has 4 nitrogen and oxygen atoms in total. The third-order valence-corrected chi connectivity index (χ3v) is 3.06. The van der Waals surface area contributed by atoms with E-state index >= 15 is 0 Å². The Morgan fingerprint density at radius 2 is 2.14 bits per heavy atom. The maximum absolute atomic E-state index is 13.2. The van der Waals surface area contributed by atoms with E-state index in [-0.39, 0.29) is 17.7 Å². The van der Waals surface area contributed by atoms with Crippen molar-refractivity contribution in [2.75, 3.05) is 0 Å². The Kier molecular flexibility index (Phi) is 4.19. The van der Waals surface area contributed by atoms with Gasteiger partial charge in [0.25, 0.3) is 0 Å². The highest BCUT2D eigenvalue weighted by atomic mass is 19.1. The van der Waals surface area contributed by atoms with Gasteiger partial charge < -0.3 is 9.84 Å². The molecule has 0 aliphatic rings. The SMILES string of the molecule is Cc1c(OCc2ccc(F)c(C#N)c2)cccc1C(=O)O. The van der Waals surface area contributed by atoms with Crippen LogP contribution in [0, 0.1) is 24.1 Å². The van der Waals surface area contributed by atoms with Crippen LogP contribution >= 0.6 is 0 Å². The van der Waals surface area contributed by atoms with Crippen molar-refractivity contribution in [1.29, 1.82) is 5.26 Å². The van der Waals surface area contributed by atoms with E-state index in [4.69, 9.17) is 15.1 Å². The molecule has 0 spiro atoms. The minimum atomic E-state index is -1.02. The highest BCUT2D eigenvalue weighted by Gasteiger charge is 2.11. The number of aromatic carboxylic acids is 1. The number of carbonyl (C=O) groups is 1. The lowest BCUT2D eigenvalue weighted by Gasteiger charge is -2.11. The van der Waals surface area contributed by atoms with Crippen LogP contribution in [-0.4, -0.2) is 11.1 Å². The van der Waals surface area contributed by atoms with Crippen molar-refractivity contribution in [2.24, 2.45) is 0 Å². The van der Waals surface area contributed by atoms with E-state index in [0.717, 1.165) is 0 Å². The number of hydrogen-bond donors (Lipinski definition) is 1. The molecule has 0 saturated heterocycles. The normalized spacial score (nSPS) is 9.95. The molecule has 0 bridgehead atoms. The second-order valence-electron chi connectivity index (χ2n) is 4.45. The maximum atomic E-state index is 13.2. The molecule has 21 heavy (non-hydrogen) atoms. The summed E-state index contributed by atoms with van der Waals surface area (Å²) in [4.78, 5) is 11.0. The van der Waals surface area contributed by atoms with E-state index in [2.05, 4.69) is 0 Å². The number of carboxylic acid groups (broad SMARTS) is 1. The summed E-state index contributed by atoms with van der Waals surface area (Å²) >= 11 is 0. The van der Waals surface area contributed by atoms with Gasteiger partial charge in [-0.05, 0) is 36.8 Å². The van der Waals surface area contributed by atoms with Crippen molar-refractivity contribution in [3.63, 3.8) is 0 Å². The highest BCUT2D eigenvalue weighted by molar-refractivity contribution is 5.90. The van der Waals surface area contributed by atoms with Crippen LogP contribution in [0.25, 0.3) is 0 Å². The van der Waals surface area contributed by atoms with Gasteiger partial charge in [0.1, 0.15) is 24.2 Å². The van der Waals surface area contributed by atoms with E-state index < -0.39 is 11.8 Å². The summed E-state index contributed by atoms with van der Waals surface area (Å²) in [6, 6.07) is 10.6. The molecule has 2 aromatic rings. The van der Waals surface area contributed by atoms with Crippen LogP contribution < -0.4 is 4.74 Å². The lowest BCUT2D eigenvalue weighted by molar-refractivity contribution is 0.0695. The van der Waals surface area contributed by atoms with Gasteiger partial charge in [-0.15, -0.1) is 0 Å². The first-order valence-electron chi connectivity index (χ1n) is 6.17. The summed E-state index contributed by atoms with van der Waals surface area (Å²) in [7, 11) is 0. The fraction of sp³-hybridized carbons (Fsp3) is 0.125. The van der Waals surface area contributed by atoms with E-state index in [0.29, 0.717) is 16.9 Å². The van der Waals surface area contributed by atoms with Crippen LogP contribution in [0.3, 0.4) is 0 Å². The Balaban J connectivity index is 2.19. The van der Waals surface area contributed by atoms with Crippen LogP contribution in [0.15, 0.2) is 36.4 Å². The first-order chi connectivity index (χ1) is 10.0. The zero-order valence-electron chi connectivity index (χ0n) is 11.3. The molecule has 0 aromatic heterocycles. The Bertz CT molecular complexity index is 735. The van der Waals surface area contributed by atoms with Crippen molar-refractivity contribution >= 4 is 5.97 Å². The van der Waals surface area contributed by atoms with Crippen molar-refractivity contribution < 1.29 is 19.0 Å². The van der Waals surface area contributed by atoms with Crippen LogP contribution in [0.4, 0.5) is 4.39 Å². The number of nitriles is 1. The summed E-state index contributed by atoms with van der Waals surface area (Å²) in [5.41, 5.74) is 1.28. The molecule has 2 rings (SSSR count). The molecule has 0 aliphatic heterocycles. The third-order valence-electron chi connectivity index (χ3n) is 3.06. The fourth-order valence-electron chi connectivity index (χ4n) is 1.91. The topological polar surface area (TPSA) is 70.3 Å². The number of nitrogens with zero attached hydrogens (tertiary/aromatic N) is 1. The molecular formula is C16H12FNO3. The van der Waals surface area contributed by atoms with Crippen molar-refractivity contribution in [2.45, 2.75) is 13.5 Å². The predicted octanol–water partition coefficient (Wildman–Crippen LogP) is 3.28. The quantitative estimate of drug-likeness (QED) is 0.935. The van der Waals surface area contributed by atoms with Gasteiger partial charge in [-0.1, -0.05) is 12.1 Å². The minimum Gasteiger partial charge on any atom is -0.489 e. The number of ether oxygens (including phenoxy) is 1. The largest absolute Gasteiger partial charge is 0.489 e. The van der Waals surface area contributed by atoms with Gasteiger partial charge in [-0.2, -0.15) is 5.26 Å². The number of halogens is 1. The van der Waals surface area contributed by atoms with Gasteiger partial charge in [0.2, 0.25) is 0 Å².